The second-order valence-corrected chi connectivity index (χ2v) is 7.52. The van der Waals surface area contributed by atoms with Gasteiger partial charge in [-0.3, -0.25) is 14.4 Å². The second-order valence-electron chi connectivity index (χ2n) is 6.74. The quantitative estimate of drug-likeness (QED) is 0.412. The summed E-state index contributed by atoms with van der Waals surface area (Å²) in [5.41, 5.74) is 1.72. The highest BCUT2D eigenvalue weighted by Crippen LogP contribution is 2.31. The van der Waals surface area contributed by atoms with Crippen LogP contribution in [0.4, 0.5) is 5.69 Å². The number of ether oxygens (including phenoxy) is 1. The average Bonchev–Trinajstić information content (AvgIpc) is 3.01. The summed E-state index contributed by atoms with van der Waals surface area (Å²) in [5.74, 6) is -0.738. The van der Waals surface area contributed by atoms with Crippen molar-refractivity contribution in [3.63, 3.8) is 0 Å². The molecule has 7 heteroatoms. The van der Waals surface area contributed by atoms with Crippen molar-refractivity contribution < 1.29 is 19.1 Å². The number of allylic oxidation sites excluding steroid dienone is 1. The molecule has 0 unspecified atom stereocenters. The molecular formula is C24H15Cl2NO4. The van der Waals surface area contributed by atoms with Gasteiger partial charge in [-0.15, -0.1) is 0 Å². The zero-order valence-corrected chi connectivity index (χ0v) is 17.5. The van der Waals surface area contributed by atoms with Gasteiger partial charge in [0.05, 0.1) is 21.3 Å². The number of carbonyl (C=O) groups excluding carboxylic acids is 3. The highest BCUT2D eigenvalue weighted by Gasteiger charge is 2.32. The van der Waals surface area contributed by atoms with Gasteiger partial charge in [0, 0.05) is 16.7 Å². The van der Waals surface area contributed by atoms with Crippen molar-refractivity contribution in [1.82, 2.24) is 0 Å². The van der Waals surface area contributed by atoms with Gasteiger partial charge in [0.15, 0.2) is 18.2 Å². The Balaban J connectivity index is 1.52. The second kappa shape index (κ2) is 8.76. The first-order valence-corrected chi connectivity index (χ1v) is 10.1. The maximum absolute atomic E-state index is 12.6. The molecule has 154 valence electrons. The molecular weight excluding hydrogens is 437 g/mol. The largest absolute Gasteiger partial charge is 0.483 e. The van der Waals surface area contributed by atoms with E-state index in [1.165, 1.54) is 6.08 Å². The van der Waals surface area contributed by atoms with E-state index in [0.29, 0.717) is 33.1 Å². The van der Waals surface area contributed by atoms with Crippen molar-refractivity contribution in [2.24, 2.45) is 0 Å². The van der Waals surface area contributed by atoms with Gasteiger partial charge >= 0.3 is 0 Å². The molecule has 1 aliphatic carbocycles. The third-order valence-electron chi connectivity index (χ3n) is 4.71. The van der Waals surface area contributed by atoms with E-state index in [-0.39, 0.29) is 28.8 Å². The van der Waals surface area contributed by atoms with E-state index >= 15 is 0 Å². The molecule has 5 nitrogen and oxygen atoms in total. The monoisotopic (exact) mass is 451 g/mol. The lowest BCUT2D eigenvalue weighted by atomic mass is 10.1. The summed E-state index contributed by atoms with van der Waals surface area (Å²) in [4.78, 5) is 37.6. The Bertz CT molecular complexity index is 1210. The minimum Gasteiger partial charge on any atom is -0.483 e. The highest BCUT2D eigenvalue weighted by atomic mass is 35.5. The number of fused-ring (bicyclic) bond motifs is 1. The van der Waals surface area contributed by atoms with Crippen LogP contribution in [0.3, 0.4) is 0 Å². The number of hydrogen-bond donors (Lipinski definition) is 1. The van der Waals surface area contributed by atoms with E-state index in [1.54, 1.807) is 66.7 Å². The Hall–Kier alpha value is -3.41. The molecule has 31 heavy (non-hydrogen) atoms. The number of Topliss-reactive ketones (excluding diaryl/α,β-unsaturated/α-hetero) is 2. The Morgan fingerprint density at radius 2 is 1.52 bits per heavy atom. The fourth-order valence-electron chi connectivity index (χ4n) is 3.22. The van der Waals surface area contributed by atoms with Crippen LogP contribution in [0.15, 0.2) is 72.3 Å². The van der Waals surface area contributed by atoms with Gasteiger partial charge in [-0.05, 0) is 24.3 Å². The van der Waals surface area contributed by atoms with Crippen LogP contribution in [-0.2, 0) is 4.79 Å². The minimum atomic E-state index is -0.438. The first-order chi connectivity index (χ1) is 15.0. The zero-order chi connectivity index (χ0) is 22.0. The summed E-state index contributed by atoms with van der Waals surface area (Å²) >= 11 is 12.0. The van der Waals surface area contributed by atoms with Gasteiger partial charge < -0.3 is 10.1 Å². The molecule has 0 atom stereocenters. The molecule has 0 fully saturated rings. The summed E-state index contributed by atoms with van der Waals surface area (Å²) in [7, 11) is 0. The molecule has 0 spiro atoms. The van der Waals surface area contributed by atoms with Crippen LogP contribution in [0.25, 0.3) is 6.08 Å². The van der Waals surface area contributed by atoms with Crippen LogP contribution in [0.1, 0.15) is 26.3 Å². The molecule has 0 saturated carbocycles. The number of rotatable bonds is 5. The number of hydrogen-bond acceptors (Lipinski definition) is 4. The number of ketones is 2. The van der Waals surface area contributed by atoms with Gasteiger partial charge in [0.1, 0.15) is 5.75 Å². The first kappa shape index (κ1) is 20.8. The fourth-order valence-corrected chi connectivity index (χ4v) is 3.57. The normalized spacial score (nSPS) is 12.5. The maximum Gasteiger partial charge on any atom is 0.262 e. The summed E-state index contributed by atoms with van der Waals surface area (Å²) in [6, 6.07) is 18.4. The average molecular weight is 452 g/mol. The van der Waals surface area contributed by atoms with Gasteiger partial charge in [-0.25, -0.2) is 0 Å². The maximum atomic E-state index is 12.6. The molecule has 3 aromatic rings. The highest BCUT2D eigenvalue weighted by molar-refractivity contribution is 6.44. The van der Waals surface area contributed by atoms with Crippen molar-refractivity contribution in [2.75, 3.05) is 11.9 Å². The smallest absolute Gasteiger partial charge is 0.262 e. The third kappa shape index (κ3) is 4.24. The Kier molecular flexibility index (Phi) is 5.89. The summed E-state index contributed by atoms with van der Waals surface area (Å²) in [5, 5.41) is 3.20. The molecule has 1 aliphatic rings. The van der Waals surface area contributed by atoms with Crippen molar-refractivity contribution in [3.05, 3.63) is 99.0 Å². The van der Waals surface area contributed by atoms with Crippen LogP contribution in [0.2, 0.25) is 10.0 Å². The van der Waals surface area contributed by atoms with Crippen molar-refractivity contribution in [1.29, 1.82) is 0 Å². The first-order valence-electron chi connectivity index (χ1n) is 9.31. The number of anilines is 1. The lowest BCUT2D eigenvalue weighted by Crippen LogP contribution is -2.20. The molecule has 0 bridgehead atoms. The molecule has 0 saturated heterocycles. The number of amides is 1. The Morgan fingerprint density at radius 1 is 0.871 bits per heavy atom. The van der Waals surface area contributed by atoms with Crippen molar-refractivity contribution in [3.8, 4) is 5.75 Å². The SMILES string of the molecule is O=C(COc1ccccc1C=C1C(=O)c2ccccc2C1=O)Nc1cccc(Cl)c1Cl. The molecule has 1 amide bonds. The predicted molar refractivity (Wildman–Crippen MR) is 120 cm³/mol. The number of benzene rings is 3. The standard InChI is InChI=1S/C24H15Cl2NO4/c25-18-9-5-10-19(22(18)26)27-21(28)13-31-20-11-4-1-6-14(20)12-17-23(29)15-7-2-3-8-16(15)24(17)30/h1-12H,13H2,(H,27,28). The molecule has 0 aliphatic heterocycles. The van der Waals surface area contributed by atoms with Crippen LogP contribution >= 0.6 is 23.2 Å². The van der Waals surface area contributed by atoms with Gasteiger partial charge in [0.25, 0.3) is 5.91 Å². The zero-order valence-electron chi connectivity index (χ0n) is 16.0. The minimum absolute atomic E-state index is 0.0624. The number of carbonyl (C=O) groups is 3. The van der Waals surface area contributed by atoms with E-state index in [1.807, 2.05) is 0 Å². The number of para-hydroxylation sites is 1. The predicted octanol–water partition coefficient (Wildman–Crippen LogP) is 5.47. The van der Waals surface area contributed by atoms with E-state index in [2.05, 4.69) is 5.32 Å². The molecule has 0 aromatic heterocycles. The van der Waals surface area contributed by atoms with E-state index in [4.69, 9.17) is 27.9 Å². The lowest BCUT2D eigenvalue weighted by molar-refractivity contribution is -0.118. The fraction of sp³-hybridized carbons (Fsp3) is 0.0417. The number of halogens is 2. The van der Waals surface area contributed by atoms with Crippen LogP contribution < -0.4 is 10.1 Å². The molecule has 0 heterocycles. The molecule has 0 radical (unpaired) electrons. The van der Waals surface area contributed by atoms with Crippen LogP contribution in [-0.4, -0.2) is 24.1 Å². The lowest BCUT2D eigenvalue weighted by Gasteiger charge is -2.11. The summed E-state index contributed by atoms with van der Waals surface area (Å²) in [6.07, 6.45) is 1.49. The van der Waals surface area contributed by atoms with Gasteiger partial charge in [-0.1, -0.05) is 71.7 Å². The third-order valence-corrected chi connectivity index (χ3v) is 5.53. The topological polar surface area (TPSA) is 72.5 Å². The van der Waals surface area contributed by atoms with Crippen molar-refractivity contribution >= 4 is 52.4 Å². The van der Waals surface area contributed by atoms with Crippen LogP contribution in [0.5, 0.6) is 5.75 Å². The van der Waals surface area contributed by atoms with E-state index in [9.17, 15) is 14.4 Å². The van der Waals surface area contributed by atoms with E-state index < -0.39 is 5.91 Å². The van der Waals surface area contributed by atoms with Crippen LogP contribution in [0, 0.1) is 0 Å². The van der Waals surface area contributed by atoms with Crippen molar-refractivity contribution in [2.45, 2.75) is 0 Å². The molecule has 3 aromatic carbocycles. The van der Waals surface area contributed by atoms with Gasteiger partial charge in [-0.2, -0.15) is 0 Å². The van der Waals surface area contributed by atoms with E-state index in [0.717, 1.165) is 0 Å². The number of nitrogens with one attached hydrogen (secondary N) is 1. The molecule has 4 rings (SSSR count). The van der Waals surface area contributed by atoms with Gasteiger partial charge in [0.2, 0.25) is 0 Å². The summed E-state index contributed by atoms with van der Waals surface area (Å²) in [6.45, 7) is -0.300. The Morgan fingerprint density at radius 3 is 2.23 bits per heavy atom. The molecule has 1 N–H and O–H groups in total. The summed E-state index contributed by atoms with van der Waals surface area (Å²) < 4.78 is 5.64. The Labute approximate surface area is 188 Å².